The van der Waals surface area contributed by atoms with Crippen molar-refractivity contribution < 1.29 is 9.53 Å². The average Bonchev–Trinajstić information content (AvgIpc) is 2.38. The van der Waals surface area contributed by atoms with Crippen molar-refractivity contribution in [2.75, 3.05) is 46.1 Å². The third-order valence-corrected chi connectivity index (χ3v) is 3.28. The summed E-state index contributed by atoms with van der Waals surface area (Å²) in [6.45, 7) is 3.31. The van der Waals surface area contributed by atoms with Crippen molar-refractivity contribution in [1.82, 2.24) is 9.80 Å². The molecular weight excluding hydrogens is 230 g/mol. The Morgan fingerprint density at radius 3 is 2.50 bits per heavy atom. The van der Waals surface area contributed by atoms with Crippen molar-refractivity contribution in [3.05, 3.63) is 23.8 Å². The number of likely N-dealkylation sites (N-methyl/N-ethyl adjacent to an activating group) is 1. The predicted octanol–water partition coefficient (Wildman–Crippen LogP) is 0.665. The van der Waals surface area contributed by atoms with Gasteiger partial charge in [0.2, 0.25) is 0 Å². The van der Waals surface area contributed by atoms with Gasteiger partial charge in [0.25, 0.3) is 5.91 Å². The zero-order valence-corrected chi connectivity index (χ0v) is 10.8. The number of carbonyl (C=O) groups excluding carboxylic acids is 1. The molecule has 1 aliphatic rings. The van der Waals surface area contributed by atoms with Gasteiger partial charge in [0.1, 0.15) is 5.75 Å². The highest BCUT2D eigenvalue weighted by Crippen LogP contribution is 2.21. The van der Waals surface area contributed by atoms with E-state index in [1.807, 2.05) is 4.90 Å². The van der Waals surface area contributed by atoms with E-state index in [1.54, 1.807) is 25.3 Å². The van der Waals surface area contributed by atoms with Crippen molar-refractivity contribution in [3.63, 3.8) is 0 Å². The van der Waals surface area contributed by atoms with Gasteiger partial charge in [-0.25, -0.2) is 0 Å². The summed E-state index contributed by atoms with van der Waals surface area (Å²) < 4.78 is 5.08. The van der Waals surface area contributed by atoms with Crippen LogP contribution in [0.1, 0.15) is 10.4 Å². The number of nitrogens with zero attached hydrogens (tertiary/aromatic N) is 2. The molecule has 1 amide bonds. The van der Waals surface area contributed by atoms with Gasteiger partial charge >= 0.3 is 0 Å². The Morgan fingerprint density at radius 2 is 1.94 bits per heavy atom. The molecule has 1 aromatic rings. The van der Waals surface area contributed by atoms with Crippen LogP contribution < -0.4 is 10.5 Å². The molecule has 0 aromatic heterocycles. The van der Waals surface area contributed by atoms with Gasteiger partial charge in [-0.2, -0.15) is 0 Å². The Balaban J connectivity index is 2.13. The monoisotopic (exact) mass is 249 g/mol. The number of carbonyl (C=O) groups is 1. The fourth-order valence-electron chi connectivity index (χ4n) is 2.04. The second-order valence-corrected chi connectivity index (χ2v) is 4.55. The molecule has 1 aromatic carbocycles. The van der Waals surface area contributed by atoms with E-state index in [1.165, 1.54) is 0 Å². The summed E-state index contributed by atoms with van der Waals surface area (Å²) in [5.41, 5.74) is 6.92. The van der Waals surface area contributed by atoms with Gasteiger partial charge in [-0.1, -0.05) is 0 Å². The minimum atomic E-state index is 0.00301. The number of nitrogen functional groups attached to an aromatic ring is 1. The van der Waals surface area contributed by atoms with E-state index >= 15 is 0 Å². The predicted molar refractivity (Wildman–Crippen MR) is 70.8 cm³/mol. The first-order valence-electron chi connectivity index (χ1n) is 6.03. The average molecular weight is 249 g/mol. The van der Waals surface area contributed by atoms with Gasteiger partial charge in [-0.05, 0) is 19.2 Å². The lowest BCUT2D eigenvalue weighted by Gasteiger charge is -2.32. The zero-order valence-electron chi connectivity index (χ0n) is 10.8. The number of hydrogen-bond acceptors (Lipinski definition) is 4. The van der Waals surface area contributed by atoms with Crippen LogP contribution in [0.3, 0.4) is 0 Å². The lowest BCUT2D eigenvalue weighted by Crippen LogP contribution is -2.47. The Labute approximate surface area is 107 Å². The molecule has 2 rings (SSSR count). The topological polar surface area (TPSA) is 58.8 Å². The first-order valence-corrected chi connectivity index (χ1v) is 6.03. The van der Waals surface area contributed by atoms with Crippen LogP contribution in [-0.4, -0.2) is 56.0 Å². The van der Waals surface area contributed by atoms with E-state index in [9.17, 15) is 4.79 Å². The van der Waals surface area contributed by atoms with Crippen molar-refractivity contribution in [2.45, 2.75) is 0 Å². The molecule has 0 bridgehead atoms. The van der Waals surface area contributed by atoms with Crippen molar-refractivity contribution in [1.29, 1.82) is 0 Å². The number of amides is 1. The maximum absolute atomic E-state index is 12.3. The minimum absolute atomic E-state index is 0.00301. The van der Waals surface area contributed by atoms with Crippen LogP contribution in [-0.2, 0) is 0 Å². The van der Waals surface area contributed by atoms with Gasteiger partial charge in [0.05, 0.1) is 12.7 Å². The molecule has 0 atom stereocenters. The molecule has 0 spiro atoms. The maximum atomic E-state index is 12.3. The summed E-state index contributed by atoms with van der Waals surface area (Å²) in [6, 6.07) is 5.18. The summed E-state index contributed by atoms with van der Waals surface area (Å²) in [7, 11) is 3.64. The SMILES string of the molecule is COc1ccc(C(=O)N2CCN(C)CC2)c(N)c1. The van der Waals surface area contributed by atoms with Gasteiger partial charge in [-0.3, -0.25) is 4.79 Å². The number of ether oxygens (including phenoxy) is 1. The van der Waals surface area contributed by atoms with Crippen molar-refractivity contribution >= 4 is 11.6 Å². The van der Waals surface area contributed by atoms with Crippen LogP contribution in [0.4, 0.5) is 5.69 Å². The van der Waals surface area contributed by atoms with E-state index in [2.05, 4.69) is 11.9 Å². The third kappa shape index (κ3) is 2.56. The molecule has 0 aliphatic carbocycles. The van der Waals surface area contributed by atoms with Crippen molar-refractivity contribution in [3.8, 4) is 5.75 Å². The standard InChI is InChI=1S/C13H19N3O2/c1-15-5-7-16(8-6-15)13(17)11-4-3-10(18-2)9-12(11)14/h3-4,9H,5-8,14H2,1-2H3. The van der Waals surface area contributed by atoms with Gasteiger partial charge in [0, 0.05) is 37.9 Å². The molecule has 98 valence electrons. The molecular formula is C13H19N3O2. The van der Waals surface area contributed by atoms with Crippen LogP contribution in [0, 0.1) is 0 Å². The zero-order chi connectivity index (χ0) is 13.1. The molecule has 5 heteroatoms. The van der Waals surface area contributed by atoms with Crippen molar-refractivity contribution in [2.24, 2.45) is 0 Å². The fraction of sp³-hybridized carbons (Fsp3) is 0.462. The Bertz CT molecular complexity index is 440. The first-order chi connectivity index (χ1) is 8.61. The van der Waals surface area contributed by atoms with Crippen LogP contribution in [0.2, 0.25) is 0 Å². The smallest absolute Gasteiger partial charge is 0.256 e. The summed E-state index contributed by atoms with van der Waals surface area (Å²) in [5.74, 6) is 0.672. The normalized spacial score (nSPS) is 16.7. The highest BCUT2D eigenvalue weighted by Gasteiger charge is 2.21. The number of methoxy groups -OCH3 is 1. The molecule has 18 heavy (non-hydrogen) atoms. The number of benzene rings is 1. The van der Waals surface area contributed by atoms with Crippen LogP contribution in [0.5, 0.6) is 5.75 Å². The van der Waals surface area contributed by atoms with E-state index < -0.39 is 0 Å². The van der Waals surface area contributed by atoms with E-state index in [4.69, 9.17) is 10.5 Å². The molecule has 0 radical (unpaired) electrons. The van der Waals surface area contributed by atoms with Gasteiger partial charge in [-0.15, -0.1) is 0 Å². The first kappa shape index (κ1) is 12.7. The fourth-order valence-corrected chi connectivity index (χ4v) is 2.04. The number of rotatable bonds is 2. The molecule has 1 fully saturated rings. The van der Waals surface area contributed by atoms with Gasteiger partial charge in [0.15, 0.2) is 0 Å². The lowest BCUT2D eigenvalue weighted by molar-refractivity contribution is 0.0665. The number of nitrogens with two attached hydrogens (primary N) is 1. The minimum Gasteiger partial charge on any atom is -0.497 e. The summed E-state index contributed by atoms with van der Waals surface area (Å²) in [4.78, 5) is 16.4. The summed E-state index contributed by atoms with van der Waals surface area (Å²) in [5, 5.41) is 0. The number of anilines is 1. The molecule has 0 saturated carbocycles. The molecule has 2 N–H and O–H groups in total. The van der Waals surface area contributed by atoms with E-state index in [0.717, 1.165) is 26.2 Å². The van der Waals surface area contributed by atoms with E-state index in [-0.39, 0.29) is 5.91 Å². The second kappa shape index (κ2) is 5.27. The van der Waals surface area contributed by atoms with E-state index in [0.29, 0.717) is 17.0 Å². The highest BCUT2D eigenvalue weighted by atomic mass is 16.5. The van der Waals surface area contributed by atoms with Crippen LogP contribution in [0.25, 0.3) is 0 Å². The summed E-state index contributed by atoms with van der Waals surface area (Å²) in [6.07, 6.45) is 0. The largest absolute Gasteiger partial charge is 0.497 e. The van der Waals surface area contributed by atoms with Crippen LogP contribution >= 0.6 is 0 Å². The third-order valence-electron chi connectivity index (χ3n) is 3.28. The highest BCUT2D eigenvalue weighted by molar-refractivity contribution is 5.99. The lowest BCUT2D eigenvalue weighted by atomic mass is 10.1. The molecule has 1 saturated heterocycles. The Kier molecular flexibility index (Phi) is 3.72. The Hall–Kier alpha value is -1.75. The second-order valence-electron chi connectivity index (χ2n) is 4.55. The Morgan fingerprint density at radius 1 is 1.28 bits per heavy atom. The summed E-state index contributed by atoms with van der Waals surface area (Å²) >= 11 is 0. The van der Waals surface area contributed by atoms with Crippen LogP contribution in [0.15, 0.2) is 18.2 Å². The van der Waals surface area contributed by atoms with Gasteiger partial charge < -0.3 is 20.3 Å². The number of piperazine rings is 1. The maximum Gasteiger partial charge on any atom is 0.256 e. The molecule has 1 aliphatic heterocycles. The number of hydrogen-bond donors (Lipinski definition) is 1. The molecule has 1 heterocycles. The molecule has 0 unspecified atom stereocenters. The molecule has 5 nitrogen and oxygen atoms in total. The quantitative estimate of drug-likeness (QED) is 0.782.